The van der Waals surface area contributed by atoms with Crippen LogP contribution in [0.4, 0.5) is 0 Å². The summed E-state index contributed by atoms with van der Waals surface area (Å²) in [4.78, 5) is 24.9. The van der Waals surface area contributed by atoms with Crippen molar-refractivity contribution in [2.75, 3.05) is 25.2 Å². The van der Waals surface area contributed by atoms with Crippen molar-refractivity contribution >= 4 is 5.91 Å². The third kappa shape index (κ3) is 1.39. The molecule has 0 saturated carbocycles. The number of hydrogen-bond acceptors (Lipinski definition) is 5. The molecule has 2 aliphatic heterocycles. The van der Waals surface area contributed by atoms with E-state index in [1.807, 2.05) is 0 Å². The molecule has 1 amide bonds. The Morgan fingerprint density at radius 2 is 2.29 bits per heavy atom. The first-order valence-electron chi connectivity index (χ1n) is 5.26. The second-order valence-electron chi connectivity index (χ2n) is 3.95. The van der Waals surface area contributed by atoms with Gasteiger partial charge in [-0.15, -0.1) is 0 Å². The molecule has 1 aromatic rings. The summed E-state index contributed by atoms with van der Waals surface area (Å²) in [7, 11) is 0. The second-order valence-corrected chi connectivity index (χ2v) is 3.95. The number of ether oxygens (including phenoxy) is 1. The fourth-order valence-corrected chi connectivity index (χ4v) is 2.08. The van der Waals surface area contributed by atoms with E-state index >= 15 is 0 Å². The van der Waals surface area contributed by atoms with E-state index in [1.54, 1.807) is 0 Å². The van der Waals surface area contributed by atoms with Gasteiger partial charge in [0.1, 0.15) is 11.9 Å². The lowest BCUT2D eigenvalue weighted by molar-refractivity contribution is -0.271. The zero-order valence-corrected chi connectivity index (χ0v) is 8.88. The predicted octanol–water partition coefficient (Wildman–Crippen LogP) is -1.72. The van der Waals surface area contributed by atoms with Crippen LogP contribution in [0.1, 0.15) is 10.5 Å². The van der Waals surface area contributed by atoms with Crippen LogP contribution in [0.25, 0.3) is 0 Å². The first-order valence-corrected chi connectivity index (χ1v) is 5.26. The molecule has 1 atom stereocenters. The van der Waals surface area contributed by atoms with Crippen molar-refractivity contribution in [3.63, 3.8) is 0 Å². The van der Waals surface area contributed by atoms with Crippen LogP contribution < -0.4 is 16.0 Å². The van der Waals surface area contributed by atoms with Gasteiger partial charge in [-0.05, 0) is 5.75 Å². The number of carbonyl (C=O) groups is 1. The van der Waals surface area contributed by atoms with E-state index in [9.17, 15) is 14.7 Å². The third-order valence-electron chi connectivity index (χ3n) is 2.93. The number of fused-ring (bicyclic) bond motifs is 2. The summed E-state index contributed by atoms with van der Waals surface area (Å²) in [6.45, 7) is 1.22. The molecule has 17 heavy (non-hydrogen) atoms. The maximum atomic E-state index is 12.1. The maximum Gasteiger partial charge on any atom is 0.273 e. The Morgan fingerprint density at radius 3 is 3.12 bits per heavy atom. The molecule has 0 radical (unpaired) electrons. The minimum Gasteiger partial charge on any atom is -0.868 e. The van der Waals surface area contributed by atoms with Crippen molar-refractivity contribution in [1.29, 1.82) is 0 Å². The molecule has 3 heterocycles. The molecule has 1 aromatic heterocycles. The highest BCUT2D eigenvalue weighted by Gasteiger charge is 2.34. The molecular formula is C10H10N3O4-. The Bertz CT molecular complexity index is 539. The molecule has 7 heteroatoms. The van der Waals surface area contributed by atoms with Crippen molar-refractivity contribution < 1.29 is 14.6 Å². The molecule has 1 saturated heterocycles. The number of aromatic nitrogens is 1. The molecular weight excluding hydrogens is 226 g/mol. The third-order valence-corrected chi connectivity index (χ3v) is 2.93. The summed E-state index contributed by atoms with van der Waals surface area (Å²) in [5.41, 5.74) is 2.16. The van der Waals surface area contributed by atoms with Gasteiger partial charge in [-0.3, -0.25) is 14.3 Å². The lowest BCUT2D eigenvalue weighted by Crippen LogP contribution is -2.59. The van der Waals surface area contributed by atoms with Crippen LogP contribution in [0, 0.1) is 0 Å². The number of nitrogens with one attached hydrogen (secondary N) is 1. The van der Waals surface area contributed by atoms with Crippen LogP contribution in [-0.4, -0.2) is 41.4 Å². The van der Waals surface area contributed by atoms with Crippen LogP contribution in [0.3, 0.4) is 0 Å². The highest BCUT2D eigenvalue weighted by molar-refractivity contribution is 5.96. The van der Waals surface area contributed by atoms with Crippen LogP contribution in [0.5, 0.6) is 5.75 Å². The molecule has 90 valence electrons. The summed E-state index contributed by atoms with van der Waals surface area (Å²) in [6, 6.07) is 1.14. The lowest BCUT2D eigenvalue weighted by atomic mass is 10.2. The Balaban J connectivity index is 2.13. The zero-order valence-electron chi connectivity index (χ0n) is 8.88. The molecule has 3 rings (SSSR count). The highest BCUT2D eigenvalue weighted by Crippen LogP contribution is 2.19. The van der Waals surface area contributed by atoms with E-state index in [2.05, 4.69) is 5.43 Å². The van der Waals surface area contributed by atoms with Gasteiger partial charge in [0, 0.05) is 18.8 Å². The van der Waals surface area contributed by atoms with Crippen molar-refractivity contribution in [2.24, 2.45) is 0 Å². The Hall–Kier alpha value is -2.02. The molecule has 1 fully saturated rings. The van der Waals surface area contributed by atoms with Gasteiger partial charge in [0.2, 0.25) is 0 Å². The lowest BCUT2D eigenvalue weighted by Gasteiger charge is -2.42. The number of carbonyl (C=O) groups excluding carboxylic acids is 1. The SMILES string of the molecule is O=C1c2c([O-])c(=O)ccn2N[C@@H]2COCCN12. The summed E-state index contributed by atoms with van der Waals surface area (Å²) in [6.07, 6.45) is 1.11. The predicted molar refractivity (Wildman–Crippen MR) is 55.2 cm³/mol. The average molecular weight is 236 g/mol. The largest absolute Gasteiger partial charge is 0.868 e. The summed E-state index contributed by atoms with van der Waals surface area (Å²) >= 11 is 0. The minimum atomic E-state index is -0.769. The monoisotopic (exact) mass is 236 g/mol. The van der Waals surface area contributed by atoms with Crippen LogP contribution in [0.15, 0.2) is 17.1 Å². The van der Waals surface area contributed by atoms with E-state index in [0.717, 1.165) is 6.07 Å². The fraction of sp³-hybridized carbons (Fsp3) is 0.400. The number of morpholine rings is 1. The number of amides is 1. The molecule has 1 N–H and O–H groups in total. The van der Waals surface area contributed by atoms with Crippen molar-refractivity contribution in [1.82, 2.24) is 9.58 Å². The Kier molecular flexibility index (Phi) is 2.08. The quantitative estimate of drug-likeness (QED) is 0.579. The van der Waals surface area contributed by atoms with Gasteiger partial charge in [-0.2, -0.15) is 0 Å². The maximum absolute atomic E-state index is 12.1. The molecule has 2 aliphatic rings. The summed E-state index contributed by atoms with van der Waals surface area (Å²) in [5.74, 6) is -1.19. The van der Waals surface area contributed by atoms with E-state index in [4.69, 9.17) is 4.74 Å². The number of pyridine rings is 1. The summed E-state index contributed by atoms with van der Waals surface area (Å²) in [5, 5.41) is 11.6. The van der Waals surface area contributed by atoms with Crippen molar-refractivity contribution in [3.05, 3.63) is 28.2 Å². The fourth-order valence-electron chi connectivity index (χ4n) is 2.08. The first-order chi connectivity index (χ1) is 8.18. The van der Waals surface area contributed by atoms with E-state index in [-0.39, 0.29) is 11.9 Å². The zero-order chi connectivity index (χ0) is 12.0. The molecule has 7 nitrogen and oxygen atoms in total. The van der Waals surface area contributed by atoms with Gasteiger partial charge >= 0.3 is 0 Å². The number of nitrogens with zero attached hydrogens (tertiary/aromatic N) is 2. The van der Waals surface area contributed by atoms with E-state index < -0.39 is 17.1 Å². The summed E-state index contributed by atoms with van der Waals surface area (Å²) < 4.78 is 6.55. The van der Waals surface area contributed by atoms with Crippen LogP contribution in [-0.2, 0) is 4.74 Å². The van der Waals surface area contributed by atoms with Gasteiger partial charge in [-0.1, -0.05) is 0 Å². The second kappa shape index (κ2) is 3.49. The van der Waals surface area contributed by atoms with E-state index in [0.29, 0.717) is 19.8 Å². The molecule has 0 aromatic carbocycles. The van der Waals surface area contributed by atoms with Gasteiger partial charge in [0.25, 0.3) is 5.91 Å². The van der Waals surface area contributed by atoms with E-state index in [1.165, 1.54) is 15.8 Å². The van der Waals surface area contributed by atoms with Crippen molar-refractivity contribution in [2.45, 2.75) is 6.17 Å². The topological polar surface area (TPSA) is 86.6 Å². The molecule has 0 unspecified atom stereocenters. The van der Waals surface area contributed by atoms with Crippen LogP contribution in [0.2, 0.25) is 0 Å². The first kappa shape index (κ1) is 10.2. The smallest absolute Gasteiger partial charge is 0.273 e. The van der Waals surface area contributed by atoms with Gasteiger partial charge < -0.3 is 20.2 Å². The van der Waals surface area contributed by atoms with Crippen molar-refractivity contribution in [3.8, 4) is 5.75 Å². The minimum absolute atomic E-state index is 0.129. The van der Waals surface area contributed by atoms with Gasteiger partial charge in [-0.25, -0.2) is 0 Å². The molecule has 0 bridgehead atoms. The number of rotatable bonds is 0. The standard InChI is InChI=1S/C10H11N3O4/c14-6-1-2-13-8(9(6)15)10(16)12-3-4-17-5-7(12)11-13/h1-2,7,11,15H,3-5H2/p-1/t7-/m0/s1. The normalized spacial score (nSPS) is 22.7. The highest BCUT2D eigenvalue weighted by atomic mass is 16.5. The Labute approximate surface area is 96.2 Å². The molecule has 0 aliphatic carbocycles. The molecule has 0 spiro atoms. The average Bonchev–Trinajstić information content (AvgIpc) is 2.34. The number of hydrogen-bond donors (Lipinski definition) is 1. The van der Waals surface area contributed by atoms with Gasteiger partial charge in [0.05, 0.1) is 13.2 Å². The Morgan fingerprint density at radius 1 is 1.47 bits per heavy atom. The van der Waals surface area contributed by atoms with Crippen LogP contribution >= 0.6 is 0 Å². The van der Waals surface area contributed by atoms with Gasteiger partial charge in [0.15, 0.2) is 5.43 Å².